The molecule has 108 valence electrons. The number of ether oxygens (including phenoxy) is 1. The van der Waals surface area contributed by atoms with E-state index in [4.69, 9.17) is 4.74 Å². The van der Waals surface area contributed by atoms with Crippen LogP contribution in [0.3, 0.4) is 0 Å². The summed E-state index contributed by atoms with van der Waals surface area (Å²) in [4.78, 5) is 7.80. The number of fused-ring (bicyclic) bond motifs is 1. The first kappa shape index (κ1) is 12.7. The van der Waals surface area contributed by atoms with Gasteiger partial charge in [-0.15, -0.1) is 0 Å². The van der Waals surface area contributed by atoms with Crippen LogP contribution in [0.1, 0.15) is 12.8 Å². The lowest BCUT2D eigenvalue weighted by atomic mass is 10.0. The predicted octanol–water partition coefficient (Wildman–Crippen LogP) is 3.46. The maximum atomic E-state index is 5.44. The normalized spacial score (nSPS) is 16.6. The number of aromatic amines is 1. The summed E-state index contributed by atoms with van der Waals surface area (Å²) in [6, 6.07) is 8.57. The van der Waals surface area contributed by atoms with Crippen molar-refractivity contribution in [1.29, 1.82) is 0 Å². The van der Waals surface area contributed by atoms with Gasteiger partial charge in [0.1, 0.15) is 5.82 Å². The van der Waals surface area contributed by atoms with E-state index in [1.54, 1.807) is 0 Å². The van der Waals surface area contributed by atoms with Gasteiger partial charge in [0.05, 0.1) is 0 Å². The van der Waals surface area contributed by atoms with Crippen LogP contribution in [0.4, 0.5) is 0 Å². The van der Waals surface area contributed by atoms with Crippen molar-refractivity contribution in [1.82, 2.24) is 14.5 Å². The lowest BCUT2D eigenvalue weighted by Gasteiger charge is -2.23. The van der Waals surface area contributed by atoms with Crippen molar-refractivity contribution in [2.75, 3.05) is 13.2 Å². The topological polar surface area (TPSA) is 42.8 Å². The van der Waals surface area contributed by atoms with E-state index in [9.17, 15) is 0 Å². The maximum Gasteiger partial charge on any atom is 0.139 e. The fraction of sp³-hybridized carbons (Fsp3) is 0.353. The van der Waals surface area contributed by atoms with Crippen LogP contribution in [0, 0.1) is 5.92 Å². The molecular formula is C17H19N3O. The quantitative estimate of drug-likeness (QED) is 0.799. The fourth-order valence-electron chi connectivity index (χ4n) is 3.12. The summed E-state index contributed by atoms with van der Waals surface area (Å²) in [6.07, 6.45) is 8.26. The second-order valence-electron chi connectivity index (χ2n) is 5.74. The van der Waals surface area contributed by atoms with Crippen LogP contribution in [-0.2, 0) is 11.3 Å². The number of nitrogens with one attached hydrogen (secondary N) is 1. The minimum atomic E-state index is 0.697. The summed E-state index contributed by atoms with van der Waals surface area (Å²) < 4.78 is 7.73. The molecular weight excluding hydrogens is 262 g/mol. The Kier molecular flexibility index (Phi) is 3.24. The average molecular weight is 281 g/mol. The van der Waals surface area contributed by atoms with Crippen LogP contribution in [0.25, 0.3) is 22.3 Å². The molecule has 3 heterocycles. The molecule has 0 unspecified atom stereocenters. The number of benzene rings is 1. The maximum absolute atomic E-state index is 5.44. The van der Waals surface area contributed by atoms with Gasteiger partial charge in [0.25, 0.3) is 0 Å². The molecule has 0 amide bonds. The Morgan fingerprint density at radius 3 is 3.05 bits per heavy atom. The summed E-state index contributed by atoms with van der Waals surface area (Å²) in [7, 11) is 0. The van der Waals surface area contributed by atoms with E-state index in [0.717, 1.165) is 38.4 Å². The molecule has 0 spiro atoms. The number of H-pyrrole nitrogens is 1. The fourth-order valence-corrected chi connectivity index (χ4v) is 3.12. The molecule has 2 aromatic heterocycles. The van der Waals surface area contributed by atoms with Gasteiger partial charge in [0.15, 0.2) is 0 Å². The first-order chi connectivity index (χ1) is 10.4. The molecule has 0 bridgehead atoms. The van der Waals surface area contributed by atoms with E-state index < -0.39 is 0 Å². The third-order valence-corrected chi connectivity index (χ3v) is 4.32. The molecule has 0 radical (unpaired) electrons. The Hall–Kier alpha value is -2.07. The molecule has 1 N–H and O–H groups in total. The zero-order valence-electron chi connectivity index (χ0n) is 12.0. The van der Waals surface area contributed by atoms with E-state index in [2.05, 4.69) is 45.0 Å². The van der Waals surface area contributed by atoms with Crippen LogP contribution in [0.15, 0.2) is 42.9 Å². The Labute approximate surface area is 123 Å². The van der Waals surface area contributed by atoms with Crippen LogP contribution in [-0.4, -0.2) is 27.7 Å². The molecule has 1 saturated heterocycles. The Bertz CT molecular complexity index is 737. The lowest BCUT2D eigenvalue weighted by molar-refractivity contribution is 0.0614. The minimum absolute atomic E-state index is 0.697. The van der Waals surface area contributed by atoms with Crippen molar-refractivity contribution in [3.8, 4) is 11.4 Å². The summed E-state index contributed by atoms with van der Waals surface area (Å²) >= 11 is 0. The number of rotatable bonds is 3. The van der Waals surface area contributed by atoms with E-state index in [1.165, 1.54) is 16.5 Å². The predicted molar refractivity (Wildman–Crippen MR) is 83.1 cm³/mol. The molecule has 0 atom stereocenters. The first-order valence-corrected chi connectivity index (χ1v) is 7.56. The summed E-state index contributed by atoms with van der Waals surface area (Å²) in [5, 5.41) is 1.23. The molecule has 21 heavy (non-hydrogen) atoms. The highest BCUT2D eigenvalue weighted by Crippen LogP contribution is 2.25. The number of aromatic nitrogens is 3. The monoisotopic (exact) mass is 281 g/mol. The zero-order valence-corrected chi connectivity index (χ0v) is 12.0. The van der Waals surface area contributed by atoms with Gasteiger partial charge in [-0.1, -0.05) is 0 Å². The van der Waals surface area contributed by atoms with Crippen LogP contribution >= 0.6 is 0 Å². The van der Waals surface area contributed by atoms with E-state index in [1.807, 2.05) is 12.4 Å². The highest BCUT2D eigenvalue weighted by atomic mass is 16.5. The summed E-state index contributed by atoms with van der Waals surface area (Å²) in [6.45, 7) is 2.82. The van der Waals surface area contributed by atoms with Crippen LogP contribution in [0.2, 0.25) is 0 Å². The second-order valence-corrected chi connectivity index (χ2v) is 5.74. The molecule has 3 aromatic rings. The van der Waals surface area contributed by atoms with Gasteiger partial charge in [0, 0.05) is 54.8 Å². The molecule has 1 aromatic carbocycles. The van der Waals surface area contributed by atoms with Crippen LogP contribution in [0.5, 0.6) is 0 Å². The van der Waals surface area contributed by atoms with Gasteiger partial charge in [-0.2, -0.15) is 0 Å². The van der Waals surface area contributed by atoms with Gasteiger partial charge < -0.3 is 14.3 Å². The highest BCUT2D eigenvalue weighted by Gasteiger charge is 2.16. The Morgan fingerprint density at radius 2 is 2.14 bits per heavy atom. The number of hydrogen-bond acceptors (Lipinski definition) is 2. The largest absolute Gasteiger partial charge is 0.381 e. The third-order valence-electron chi connectivity index (χ3n) is 4.32. The molecule has 1 aliphatic heterocycles. The smallest absolute Gasteiger partial charge is 0.139 e. The Balaban J connectivity index is 1.63. The molecule has 4 nitrogen and oxygen atoms in total. The molecule has 1 fully saturated rings. The van der Waals surface area contributed by atoms with Gasteiger partial charge >= 0.3 is 0 Å². The van der Waals surface area contributed by atoms with Crippen molar-refractivity contribution >= 4 is 10.9 Å². The van der Waals surface area contributed by atoms with Crippen molar-refractivity contribution in [2.24, 2.45) is 5.92 Å². The van der Waals surface area contributed by atoms with Crippen molar-refractivity contribution in [3.63, 3.8) is 0 Å². The lowest BCUT2D eigenvalue weighted by Crippen LogP contribution is -2.20. The number of imidazole rings is 1. The van der Waals surface area contributed by atoms with Crippen molar-refractivity contribution in [3.05, 3.63) is 42.9 Å². The second kappa shape index (κ2) is 5.37. The average Bonchev–Trinajstić information content (AvgIpc) is 3.16. The van der Waals surface area contributed by atoms with Crippen LogP contribution < -0.4 is 0 Å². The number of hydrogen-bond donors (Lipinski definition) is 1. The van der Waals surface area contributed by atoms with Gasteiger partial charge in [-0.3, -0.25) is 0 Å². The molecule has 0 saturated carbocycles. The molecule has 0 aliphatic carbocycles. The van der Waals surface area contributed by atoms with Gasteiger partial charge in [-0.05, 0) is 43.0 Å². The standard InChI is InChI=1S/C17H19N3O/c1-2-16-14(3-6-18-16)11-15(1)17-19-7-8-20(17)12-13-4-9-21-10-5-13/h1-3,6-8,11,13,18H,4-5,9-10,12H2. The summed E-state index contributed by atoms with van der Waals surface area (Å²) in [5.74, 6) is 1.76. The van der Waals surface area contributed by atoms with E-state index >= 15 is 0 Å². The molecule has 1 aliphatic rings. The number of nitrogens with zero attached hydrogens (tertiary/aromatic N) is 2. The summed E-state index contributed by atoms with van der Waals surface area (Å²) in [5.41, 5.74) is 2.35. The highest BCUT2D eigenvalue weighted by molar-refractivity contribution is 5.83. The Morgan fingerprint density at radius 1 is 1.24 bits per heavy atom. The molecule has 4 heteroatoms. The van der Waals surface area contributed by atoms with Crippen molar-refractivity contribution in [2.45, 2.75) is 19.4 Å². The molecule has 4 rings (SSSR count). The van der Waals surface area contributed by atoms with Crippen molar-refractivity contribution < 1.29 is 4.74 Å². The first-order valence-electron chi connectivity index (χ1n) is 7.56. The van der Waals surface area contributed by atoms with Gasteiger partial charge in [0.2, 0.25) is 0 Å². The third kappa shape index (κ3) is 2.47. The van der Waals surface area contributed by atoms with E-state index in [0.29, 0.717) is 5.92 Å². The zero-order chi connectivity index (χ0) is 14.1. The van der Waals surface area contributed by atoms with Gasteiger partial charge in [-0.25, -0.2) is 4.98 Å². The SMILES string of the molecule is c1cn(CC2CCOCC2)c(-c2ccc3[nH]ccc3c2)n1. The van der Waals surface area contributed by atoms with E-state index in [-0.39, 0.29) is 0 Å². The minimum Gasteiger partial charge on any atom is -0.381 e.